The summed E-state index contributed by atoms with van der Waals surface area (Å²) in [5, 5.41) is 0. The highest BCUT2D eigenvalue weighted by molar-refractivity contribution is 14.0. The van der Waals surface area contributed by atoms with Crippen LogP contribution in [0.25, 0.3) is 0 Å². The van der Waals surface area contributed by atoms with E-state index in [1.165, 1.54) is 38.9 Å². The van der Waals surface area contributed by atoms with Gasteiger partial charge in [-0.3, -0.25) is 4.99 Å². The number of rotatable bonds is 5. The maximum Gasteiger partial charge on any atom is 0.191 e. The van der Waals surface area contributed by atoms with Gasteiger partial charge in [-0.25, -0.2) is 0 Å². The average Bonchev–Trinajstić information content (AvgIpc) is 2.49. The van der Waals surface area contributed by atoms with Gasteiger partial charge in [0.2, 0.25) is 0 Å². The number of piperidine rings is 1. The van der Waals surface area contributed by atoms with Crippen molar-refractivity contribution >= 4 is 29.9 Å². The second-order valence-corrected chi connectivity index (χ2v) is 6.07. The van der Waals surface area contributed by atoms with Gasteiger partial charge in [-0.1, -0.05) is 6.92 Å². The quantitative estimate of drug-likeness (QED) is 0.325. The molecular formula is C15H31IN4O. The third-order valence-electron chi connectivity index (χ3n) is 4.37. The second-order valence-electron chi connectivity index (χ2n) is 6.07. The molecule has 21 heavy (non-hydrogen) atoms. The van der Waals surface area contributed by atoms with Gasteiger partial charge in [0, 0.05) is 19.6 Å². The number of guanidine groups is 1. The largest absolute Gasteiger partial charge is 0.378 e. The van der Waals surface area contributed by atoms with E-state index in [4.69, 9.17) is 10.5 Å². The number of unbranched alkanes of at least 4 members (excludes halogenated alkanes) is 1. The number of aliphatic imine (C=N–C) groups is 1. The molecule has 2 rings (SSSR count). The van der Waals surface area contributed by atoms with Gasteiger partial charge < -0.3 is 20.3 Å². The molecule has 0 spiro atoms. The summed E-state index contributed by atoms with van der Waals surface area (Å²) in [6.45, 7) is 10.3. The SMILES string of the molecule is CC1CCN(CCCCN=C(N)N2CCOCC2)CC1.I. The van der Waals surface area contributed by atoms with Gasteiger partial charge in [-0.2, -0.15) is 0 Å². The number of hydrogen-bond donors (Lipinski definition) is 1. The maximum absolute atomic E-state index is 6.00. The van der Waals surface area contributed by atoms with E-state index in [-0.39, 0.29) is 24.0 Å². The average molecular weight is 410 g/mol. The summed E-state index contributed by atoms with van der Waals surface area (Å²) >= 11 is 0. The molecule has 0 aliphatic carbocycles. The molecule has 0 bridgehead atoms. The van der Waals surface area contributed by atoms with E-state index in [1.54, 1.807) is 0 Å². The molecule has 2 heterocycles. The Morgan fingerprint density at radius 1 is 1.14 bits per heavy atom. The molecule has 2 saturated heterocycles. The standard InChI is InChI=1S/C15H30N4O.HI/c1-14-4-8-18(9-5-14)7-3-2-6-17-15(16)19-10-12-20-13-11-19;/h14H,2-13H2,1H3,(H2,16,17);1H. The molecule has 0 aromatic heterocycles. The fourth-order valence-electron chi connectivity index (χ4n) is 2.82. The lowest BCUT2D eigenvalue weighted by molar-refractivity contribution is 0.0674. The van der Waals surface area contributed by atoms with E-state index >= 15 is 0 Å². The van der Waals surface area contributed by atoms with Gasteiger partial charge in [0.15, 0.2) is 5.96 Å². The topological polar surface area (TPSA) is 54.1 Å². The minimum Gasteiger partial charge on any atom is -0.378 e. The third-order valence-corrected chi connectivity index (χ3v) is 4.37. The van der Waals surface area contributed by atoms with Crippen molar-refractivity contribution in [3.05, 3.63) is 0 Å². The number of ether oxygens (including phenoxy) is 1. The Morgan fingerprint density at radius 2 is 1.81 bits per heavy atom. The summed E-state index contributed by atoms with van der Waals surface area (Å²) in [4.78, 5) is 9.20. The number of nitrogens with zero attached hydrogens (tertiary/aromatic N) is 3. The van der Waals surface area contributed by atoms with Crippen molar-refractivity contribution in [2.24, 2.45) is 16.6 Å². The van der Waals surface area contributed by atoms with Gasteiger partial charge in [0.1, 0.15) is 0 Å². The smallest absolute Gasteiger partial charge is 0.191 e. The molecule has 0 radical (unpaired) electrons. The van der Waals surface area contributed by atoms with Crippen LogP contribution in [0.4, 0.5) is 0 Å². The second kappa shape index (κ2) is 10.6. The van der Waals surface area contributed by atoms with Crippen LogP contribution in [0, 0.1) is 5.92 Å². The summed E-state index contributed by atoms with van der Waals surface area (Å²) in [6.07, 6.45) is 5.09. The number of hydrogen-bond acceptors (Lipinski definition) is 3. The third kappa shape index (κ3) is 7.15. The van der Waals surface area contributed by atoms with Gasteiger partial charge in [0.05, 0.1) is 13.2 Å². The number of likely N-dealkylation sites (tertiary alicyclic amines) is 1. The Morgan fingerprint density at radius 3 is 2.48 bits per heavy atom. The minimum absolute atomic E-state index is 0. The molecule has 2 aliphatic rings. The summed E-state index contributed by atoms with van der Waals surface area (Å²) < 4.78 is 5.31. The lowest BCUT2D eigenvalue weighted by atomic mass is 9.99. The zero-order chi connectivity index (χ0) is 14.2. The number of nitrogens with two attached hydrogens (primary N) is 1. The lowest BCUT2D eigenvalue weighted by Crippen LogP contribution is -2.44. The van der Waals surface area contributed by atoms with Crippen LogP contribution in [-0.2, 0) is 4.74 Å². The maximum atomic E-state index is 6.00. The van der Waals surface area contributed by atoms with Crippen molar-refractivity contribution in [1.29, 1.82) is 0 Å². The minimum atomic E-state index is 0. The molecule has 2 aliphatic heterocycles. The zero-order valence-corrected chi connectivity index (χ0v) is 15.6. The molecule has 6 heteroatoms. The van der Waals surface area contributed by atoms with E-state index in [1.807, 2.05) is 0 Å². The first-order valence-electron chi connectivity index (χ1n) is 8.10. The zero-order valence-electron chi connectivity index (χ0n) is 13.3. The van der Waals surface area contributed by atoms with Crippen molar-refractivity contribution in [3.8, 4) is 0 Å². The van der Waals surface area contributed by atoms with Gasteiger partial charge in [0.25, 0.3) is 0 Å². The molecule has 2 N–H and O–H groups in total. The molecule has 0 atom stereocenters. The van der Waals surface area contributed by atoms with E-state index in [0.717, 1.165) is 45.2 Å². The van der Waals surface area contributed by atoms with Crippen molar-refractivity contribution < 1.29 is 4.74 Å². The summed E-state index contributed by atoms with van der Waals surface area (Å²) in [5.41, 5.74) is 6.00. The van der Waals surface area contributed by atoms with Crippen molar-refractivity contribution in [2.45, 2.75) is 32.6 Å². The molecule has 0 aromatic carbocycles. The van der Waals surface area contributed by atoms with E-state index < -0.39 is 0 Å². The highest BCUT2D eigenvalue weighted by Gasteiger charge is 2.15. The van der Waals surface area contributed by atoms with Crippen LogP contribution in [0.3, 0.4) is 0 Å². The van der Waals surface area contributed by atoms with Gasteiger partial charge >= 0.3 is 0 Å². The molecule has 2 fully saturated rings. The molecule has 124 valence electrons. The molecule has 5 nitrogen and oxygen atoms in total. The van der Waals surface area contributed by atoms with Crippen LogP contribution >= 0.6 is 24.0 Å². The first kappa shape index (κ1) is 19.0. The van der Waals surface area contributed by atoms with Crippen LogP contribution in [0.1, 0.15) is 32.6 Å². The van der Waals surface area contributed by atoms with Gasteiger partial charge in [-0.15, -0.1) is 24.0 Å². The normalized spacial score (nSPS) is 22.1. The Labute approximate surface area is 146 Å². The molecule has 0 unspecified atom stereocenters. The molecule has 0 aromatic rings. The summed E-state index contributed by atoms with van der Waals surface area (Å²) in [6, 6.07) is 0. The number of morpholine rings is 1. The van der Waals surface area contributed by atoms with E-state index in [9.17, 15) is 0 Å². The van der Waals surface area contributed by atoms with E-state index in [2.05, 4.69) is 21.7 Å². The summed E-state index contributed by atoms with van der Waals surface area (Å²) in [7, 11) is 0. The highest BCUT2D eigenvalue weighted by atomic mass is 127. The Balaban J connectivity index is 0.00000220. The molecule has 0 saturated carbocycles. The van der Waals surface area contributed by atoms with Crippen molar-refractivity contribution in [1.82, 2.24) is 9.80 Å². The predicted molar refractivity (Wildman–Crippen MR) is 98.4 cm³/mol. The highest BCUT2D eigenvalue weighted by Crippen LogP contribution is 2.16. The Kier molecular flexibility index (Phi) is 9.59. The molecular weight excluding hydrogens is 379 g/mol. The fraction of sp³-hybridized carbons (Fsp3) is 0.933. The van der Waals surface area contributed by atoms with E-state index in [0.29, 0.717) is 5.96 Å². The predicted octanol–water partition coefficient (Wildman–Crippen LogP) is 1.76. The van der Waals surface area contributed by atoms with Crippen LogP contribution in [0.15, 0.2) is 4.99 Å². The van der Waals surface area contributed by atoms with Crippen molar-refractivity contribution in [3.63, 3.8) is 0 Å². The number of halogens is 1. The summed E-state index contributed by atoms with van der Waals surface area (Å²) in [5.74, 6) is 1.62. The van der Waals surface area contributed by atoms with Crippen LogP contribution in [-0.4, -0.2) is 68.2 Å². The van der Waals surface area contributed by atoms with Crippen LogP contribution < -0.4 is 5.73 Å². The fourth-order valence-corrected chi connectivity index (χ4v) is 2.82. The van der Waals surface area contributed by atoms with Crippen LogP contribution in [0.2, 0.25) is 0 Å². The van der Waals surface area contributed by atoms with Gasteiger partial charge in [-0.05, 0) is 51.2 Å². The Hall–Kier alpha value is -0.0800. The lowest BCUT2D eigenvalue weighted by Gasteiger charge is -2.30. The van der Waals surface area contributed by atoms with Crippen LogP contribution in [0.5, 0.6) is 0 Å². The molecule has 0 amide bonds. The van der Waals surface area contributed by atoms with Crippen molar-refractivity contribution in [2.75, 3.05) is 52.5 Å². The first-order chi connectivity index (χ1) is 9.75. The Bertz CT molecular complexity index is 300. The monoisotopic (exact) mass is 410 g/mol. The first-order valence-corrected chi connectivity index (χ1v) is 8.10.